The summed E-state index contributed by atoms with van der Waals surface area (Å²) >= 11 is 6.60. The Labute approximate surface area is 242 Å². The number of hydrogen-bond acceptors (Lipinski definition) is 9. The summed E-state index contributed by atoms with van der Waals surface area (Å²) in [4.78, 5) is 22.9. The van der Waals surface area contributed by atoms with Gasteiger partial charge in [0.15, 0.2) is 11.5 Å². The van der Waals surface area contributed by atoms with Crippen molar-refractivity contribution in [3.8, 4) is 23.3 Å². The first-order chi connectivity index (χ1) is 19.7. The number of aryl methyl sites for hydroxylation is 1. The van der Waals surface area contributed by atoms with Crippen LogP contribution < -0.4 is 19.5 Å². The number of ether oxygens (including phenoxy) is 3. The number of nitrogens with zero attached hydrogens (tertiary/aromatic N) is 4. The molecule has 0 saturated carbocycles. The third-order valence-corrected chi connectivity index (χ3v) is 7.19. The molecule has 10 nitrogen and oxygen atoms in total. The molecule has 1 atom stereocenters. The first kappa shape index (κ1) is 28.0. The van der Waals surface area contributed by atoms with E-state index in [-0.39, 0.29) is 23.6 Å². The van der Waals surface area contributed by atoms with Crippen molar-refractivity contribution in [3.63, 3.8) is 0 Å². The summed E-state index contributed by atoms with van der Waals surface area (Å²) < 4.78 is 17.0. The van der Waals surface area contributed by atoms with E-state index >= 15 is 0 Å². The van der Waals surface area contributed by atoms with E-state index in [0.29, 0.717) is 52.6 Å². The number of benzene rings is 2. The van der Waals surface area contributed by atoms with Crippen molar-refractivity contribution in [1.29, 1.82) is 5.26 Å². The number of anilines is 2. The molecule has 210 valence electrons. The normalized spacial score (nSPS) is 16.3. The zero-order valence-electron chi connectivity index (χ0n) is 22.8. The average Bonchev–Trinajstić information content (AvgIpc) is 3.33. The highest BCUT2D eigenvalue weighted by molar-refractivity contribution is 6.33. The van der Waals surface area contributed by atoms with Crippen LogP contribution in [0.4, 0.5) is 16.2 Å². The van der Waals surface area contributed by atoms with Gasteiger partial charge in [-0.25, -0.2) is 4.79 Å². The minimum atomic E-state index is -0.952. The lowest BCUT2D eigenvalue weighted by Gasteiger charge is -2.20. The van der Waals surface area contributed by atoms with Crippen LogP contribution in [0.1, 0.15) is 30.2 Å². The van der Waals surface area contributed by atoms with E-state index in [1.54, 1.807) is 43.5 Å². The summed E-state index contributed by atoms with van der Waals surface area (Å²) in [6.45, 7) is 4.50. The van der Waals surface area contributed by atoms with Crippen molar-refractivity contribution in [2.24, 2.45) is 0 Å². The number of carbonyl (C=O) groups is 1. The molecule has 0 aliphatic carbocycles. The van der Waals surface area contributed by atoms with Crippen LogP contribution in [0.25, 0.3) is 10.9 Å². The van der Waals surface area contributed by atoms with Crippen LogP contribution in [0.15, 0.2) is 54.9 Å². The van der Waals surface area contributed by atoms with Gasteiger partial charge in [0.2, 0.25) is 0 Å². The highest BCUT2D eigenvalue weighted by Crippen LogP contribution is 2.39. The topological polar surface area (TPSA) is 130 Å². The van der Waals surface area contributed by atoms with Crippen LogP contribution in [0.2, 0.25) is 5.02 Å². The molecule has 0 bridgehead atoms. The summed E-state index contributed by atoms with van der Waals surface area (Å²) in [6, 6.07) is 14.4. The fourth-order valence-electron chi connectivity index (χ4n) is 4.56. The van der Waals surface area contributed by atoms with Gasteiger partial charge >= 0.3 is 6.09 Å². The Morgan fingerprint density at radius 3 is 2.76 bits per heavy atom. The lowest BCUT2D eigenvalue weighted by Crippen LogP contribution is -2.35. The van der Waals surface area contributed by atoms with Crippen LogP contribution in [-0.4, -0.2) is 51.9 Å². The minimum absolute atomic E-state index is 0.169. The highest BCUT2D eigenvalue weighted by Gasteiger charge is 2.35. The molecule has 1 fully saturated rings. The number of fused-ring (bicyclic) bond motifs is 1. The van der Waals surface area contributed by atoms with Crippen molar-refractivity contribution in [1.82, 2.24) is 14.9 Å². The van der Waals surface area contributed by atoms with Crippen LogP contribution in [0, 0.1) is 18.3 Å². The molecule has 2 aromatic carbocycles. The second kappa shape index (κ2) is 11.5. The van der Waals surface area contributed by atoms with Gasteiger partial charge in [-0.1, -0.05) is 17.7 Å². The minimum Gasteiger partial charge on any atom is -0.493 e. The molecule has 3 heterocycles. The predicted molar refractivity (Wildman–Crippen MR) is 154 cm³/mol. The summed E-state index contributed by atoms with van der Waals surface area (Å²) in [5, 5.41) is 24.2. The maximum atomic E-state index is 12.8. The summed E-state index contributed by atoms with van der Waals surface area (Å²) in [6.07, 6.45) is 3.02. The number of aliphatic hydroxyl groups is 1. The van der Waals surface area contributed by atoms with Crippen molar-refractivity contribution >= 4 is 40.0 Å². The average molecular weight is 574 g/mol. The number of β-amino-alcohol motifs (C(OH)–C–C–N with tert-alkyl or cyclic N) is 1. The molecule has 1 saturated heterocycles. The van der Waals surface area contributed by atoms with E-state index in [1.165, 1.54) is 18.2 Å². The highest BCUT2D eigenvalue weighted by atomic mass is 35.5. The number of carbonyl (C=O) groups excluding carboxylic acids is 1. The van der Waals surface area contributed by atoms with Crippen molar-refractivity contribution in [2.75, 3.05) is 25.5 Å². The molecule has 1 unspecified atom stereocenters. The van der Waals surface area contributed by atoms with Gasteiger partial charge < -0.3 is 29.5 Å². The van der Waals surface area contributed by atoms with E-state index < -0.39 is 11.7 Å². The monoisotopic (exact) mass is 573 g/mol. The molecule has 2 N–H and O–H groups in total. The SMILES string of the molecule is COc1cc2c(Nc3ccc(OCc4ncccc4C)cc3Cl)c(C#N)cnc2cc1OC(=O)N1CCC(C)(O)C1. The van der Waals surface area contributed by atoms with Gasteiger partial charge in [-0.05, 0) is 50.1 Å². The van der Waals surface area contributed by atoms with Crippen molar-refractivity contribution in [2.45, 2.75) is 32.5 Å². The number of rotatable bonds is 7. The zero-order chi connectivity index (χ0) is 29.1. The largest absolute Gasteiger partial charge is 0.493 e. The van der Waals surface area contributed by atoms with Crippen LogP contribution in [0.3, 0.4) is 0 Å². The number of methoxy groups -OCH3 is 1. The lowest BCUT2D eigenvalue weighted by atomic mass is 10.1. The smallest absolute Gasteiger partial charge is 0.415 e. The quantitative estimate of drug-likeness (QED) is 0.284. The third-order valence-electron chi connectivity index (χ3n) is 6.87. The fraction of sp³-hybridized carbons (Fsp3) is 0.267. The molecule has 2 aromatic heterocycles. The fourth-order valence-corrected chi connectivity index (χ4v) is 4.78. The van der Waals surface area contributed by atoms with Gasteiger partial charge in [-0.3, -0.25) is 9.97 Å². The lowest BCUT2D eigenvalue weighted by molar-refractivity contribution is 0.0681. The third kappa shape index (κ3) is 6.11. The van der Waals surface area contributed by atoms with E-state index in [1.807, 2.05) is 19.1 Å². The summed E-state index contributed by atoms with van der Waals surface area (Å²) in [5.41, 5.74) is 2.67. The van der Waals surface area contributed by atoms with Crippen LogP contribution in [0.5, 0.6) is 17.2 Å². The van der Waals surface area contributed by atoms with Gasteiger partial charge in [0.1, 0.15) is 18.4 Å². The number of likely N-dealkylation sites (tertiary alicyclic amines) is 1. The Balaban J connectivity index is 1.41. The number of nitrogens with one attached hydrogen (secondary N) is 1. The molecular weight excluding hydrogens is 546 g/mol. The van der Waals surface area contributed by atoms with Crippen molar-refractivity contribution in [3.05, 3.63) is 76.7 Å². The Morgan fingerprint density at radius 1 is 1.24 bits per heavy atom. The van der Waals surface area contributed by atoms with Crippen molar-refractivity contribution < 1.29 is 24.1 Å². The second-order valence-electron chi connectivity index (χ2n) is 10.0. The molecule has 1 aliphatic heterocycles. The zero-order valence-corrected chi connectivity index (χ0v) is 23.5. The number of amides is 1. The second-order valence-corrected chi connectivity index (χ2v) is 10.4. The maximum Gasteiger partial charge on any atom is 0.415 e. The predicted octanol–water partition coefficient (Wildman–Crippen LogP) is 5.75. The number of nitriles is 1. The summed E-state index contributed by atoms with van der Waals surface area (Å²) in [7, 11) is 1.45. The molecule has 41 heavy (non-hydrogen) atoms. The number of aromatic nitrogens is 2. The van der Waals surface area contributed by atoms with Gasteiger partial charge in [0.05, 0.1) is 52.4 Å². The van der Waals surface area contributed by atoms with E-state index in [4.69, 9.17) is 25.8 Å². The molecule has 11 heteroatoms. The van der Waals surface area contributed by atoms with Crippen LogP contribution in [-0.2, 0) is 6.61 Å². The standard InChI is InChI=1S/C30H28ClN5O5/c1-18-5-4-9-33-25(18)16-40-20-6-7-23(22(31)11-20)35-28-19(14-32)15-34-24-13-27(26(39-3)12-21(24)28)41-29(37)36-10-8-30(2,38)17-36/h4-7,9,11-13,15,38H,8,10,16-17H2,1-3H3,(H,34,35). The van der Waals surface area contributed by atoms with E-state index in [9.17, 15) is 15.2 Å². The van der Waals surface area contributed by atoms with Gasteiger partial charge in [0, 0.05) is 36.5 Å². The number of halogens is 1. The molecule has 0 spiro atoms. The molecule has 4 aromatic rings. The van der Waals surface area contributed by atoms with Gasteiger partial charge in [0.25, 0.3) is 0 Å². The Bertz CT molecular complexity index is 1670. The van der Waals surface area contributed by atoms with Crippen LogP contribution >= 0.6 is 11.6 Å². The Morgan fingerprint density at radius 2 is 2.07 bits per heavy atom. The molecule has 1 amide bonds. The molecule has 0 radical (unpaired) electrons. The molecule has 5 rings (SSSR count). The number of pyridine rings is 2. The first-order valence-electron chi connectivity index (χ1n) is 12.9. The number of hydrogen-bond donors (Lipinski definition) is 2. The maximum absolute atomic E-state index is 12.8. The molecule has 1 aliphatic rings. The summed E-state index contributed by atoms with van der Waals surface area (Å²) in [5.74, 6) is 1.01. The van der Waals surface area contributed by atoms with E-state index in [2.05, 4.69) is 21.4 Å². The Hall–Kier alpha value is -4.59. The van der Waals surface area contributed by atoms with E-state index in [0.717, 1.165) is 11.3 Å². The molecular formula is C30H28ClN5O5. The Kier molecular flexibility index (Phi) is 7.83. The first-order valence-corrected chi connectivity index (χ1v) is 13.2. The van der Waals surface area contributed by atoms with Gasteiger partial charge in [-0.2, -0.15) is 5.26 Å². The van der Waals surface area contributed by atoms with Gasteiger partial charge in [-0.15, -0.1) is 0 Å².